The number of rotatable bonds is 52. The van der Waals surface area contributed by atoms with Gasteiger partial charge in [0.25, 0.3) is 0 Å². The summed E-state index contributed by atoms with van der Waals surface area (Å²) in [6.45, 7) is 4.92. The minimum atomic E-state index is -0.666. The predicted octanol–water partition coefficient (Wildman–Crippen LogP) is 17.1. The lowest BCUT2D eigenvalue weighted by Gasteiger charge is -2.22. The molecule has 0 aliphatic rings. The molecule has 0 saturated carbocycles. The van der Waals surface area contributed by atoms with Crippen molar-refractivity contribution in [3.8, 4) is 0 Å². The highest BCUT2D eigenvalue weighted by Gasteiger charge is 2.20. The lowest BCUT2D eigenvalue weighted by atomic mass is 10.0. The lowest BCUT2D eigenvalue weighted by Crippen LogP contribution is -2.45. The van der Waals surface area contributed by atoms with E-state index in [1.54, 1.807) is 0 Å². The second-order valence-electron chi connectivity index (χ2n) is 19.3. The van der Waals surface area contributed by atoms with Crippen LogP contribution in [-0.4, -0.2) is 47.4 Å². The van der Waals surface area contributed by atoms with Crippen molar-refractivity contribution in [3.63, 3.8) is 0 Å². The number of amides is 1. The fourth-order valence-electron chi connectivity index (χ4n) is 8.63. The second-order valence-corrected chi connectivity index (χ2v) is 19.3. The molecule has 6 nitrogen and oxygen atoms in total. The Labute approximate surface area is 392 Å². The van der Waals surface area contributed by atoms with Crippen molar-refractivity contribution in [2.24, 2.45) is 0 Å². The monoisotopic (exact) mass is 888 g/mol. The van der Waals surface area contributed by atoms with Crippen molar-refractivity contribution in [3.05, 3.63) is 24.3 Å². The molecule has 0 fully saturated rings. The van der Waals surface area contributed by atoms with Gasteiger partial charge in [0.05, 0.1) is 25.4 Å². The van der Waals surface area contributed by atoms with Gasteiger partial charge in [0, 0.05) is 12.8 Å². The Morgan fingerprint density at radius 3 is 1.14 bits per heavy atom. The van der Waals surface area contributed by atoms with Crippen molar-refractivity contribution < 1.29 is 24.5 Å². The number of unbranched alkanes of at least 4 members (excludes halogenated alkanes) is 37. The summed E-state index contributed by atoms with van der Waals surface area (Å²) in [4.78, 5) is 24.4. The first-order chi connectivity index (χ1) is 31.0. The highest BCUT2D eigenvalue weighted by Crippen LogP contribution is 2.16. The summed E-state index contributed by atoms with van der Waals surface area (Å²) in [5.74, 6) is -0.0408. The van der Waals surface area contributed by atoms with Crippen LogP contribution in [0, 0.1) is 0 Å². The Kier molecular flexibility index (Phi) is 51.6. The average Bonchev–Trinajstić information content (AvgIpc) is 3.28. The van der Waals surface area contributed by atoms with Gasteiger partial charge in [-0.1, -0.05) is 237 Å². The van der Waals surface area contributed by atoms with Crippen LogP contribution in [0.5, 0.6) is 0 Å². The fourth-order valence-corrected chi connectivity index (χ4v) is 8.63. The zero-order valence-corrected chi connectivity index (χ0v) is 42.3. The number of carbonyl (C=O) groups is 2. The van der Waals surface area contributed by atoms with Crippen LogP contribution in [0.15, 0.2) is 24.3 Å². The Balaban J connectivity index is 3.39. The van der Waals surface area contributed by atoms with Crippen LogP contribution in [0.1, 0.15) is 303 Å². The number of ether oxygens (including phenoxy) is 1. The molecule has 0 heterocycles. The highest BCUT2D eigenvalue weighted by molar-refractivity contribution is 5.76. The number of carbonyl (C=O) groups excluding carboxylic acids is 2. The summed E-state index contributed by atoms with van der Waals surface area (Å²) >= 11 is 0. The fraction of sp³-hybridized carbons (Fsp3) is 0.895. The average molecular weight is 889 g/mol. The molecule has 63 heavy (non-hydrogen) atoms. The summed E-state index contributed by atoms with van der Waals surface area (Å²) in [5.41, 5.74) is 0. The van der Waals surface area contributed by atoms with E-state index >= 15 is 0 Å². The van der Waals surface area contributed by atoms with E-state index in [1.165, 1.54) is 225 Å². The number of hydrogen-bond acceptors (Lipinski definition) is 5. The molecule has 6 heteroatoms. The Bertz CT molecular complexity index is 982. The number of esters is 1. The number of aliphatic hydroxyl groups excluding tert-OH is 2. The van der Waals surface area contributed by atoms with E-state index < -0.39 is 12.1 Å². The van der Waals surface area contributed by atoms with Crippen molar-refractivity contribution in [2.45, 2.75) is 315 Å². The first-order valence-electron chi connectivity index (χ1n) is 28.1. The molecule has 0 aromatic heterocycles. The normalized spacial score (nSPS) is 12.8. The molecular formula is C57H109NO5. The Morgan fingerprint density at radius 1 is 0.429 bits per heavy atom. The van der Waals surface area contributed by atoms with E-state index in [9.17, 15) is 19.8 Å². The molecule has 3 N–H and O–H groups in total. The molecule has 0 saturated heterocycles. The third-order valence-electron chi connectivity index (χ3n) is 13.0. The Morgan fingerprint density at radius 2 is 0.746 bits per heavy atom. The summed E-state index contributed by atoms with van der Waals surface area (Å²) in [6, 6.07) is -0.544. The standard InChI is InChI=1S/C57H109NO5/c1-3-5-7-9-11-13-15-27-31-35-39-43-47-51-57(62)63-52-48-44-40-36-32-29-26-24-22-20-18-16-17-19-21-23-25-28-30-34-38-42-46-50-56(61)58-54(53-59)55(60)49-45-41-37-33-14-12-10-8-6-4-2/h13,15,19,21,54-55,59-60H,3-12,14,16-18,20,22-53H2,1-2H3,(H,58,61)/b15-13-,21-19-. The number of aliphatic hydroxyl groups is 2. The third kappa shape index (κ3) is 49.6. The molecule has 0 rings (SSSR count). The quantitative estimate of drug-likeness (QED) is 0.0321. The Hall–Kier alpha value is -1.66. The number of nitrogens with one attached hydrogen (secondary N) is 1. The van der Waals surface area contributed by atoms with Crippen LogP contribution in [0.2, 0.25) is 0 Å². The van der Waals surface area contributed by atoms with Crippen molar-refractivity contribution in [1.29, 1.82) is 0 Å². The minimum absolute atomic E-state index is 0.00204. The summed E-state index contributed by atoms with van der Waals surface area (Å²) < 4.78 is 5.46. The van der Waals surface area contributed by atoms with Crippen LogP contribution in [0.3, 0.4) is 0 Å². The van der Waals surface area contributed by atoms with E-state index in [0.717, 1.165) is 44.9 Å². The van der Waals surface area contributed by atoms with Crippen LogP contribution < -0.4 is 5.32 Å². The topological polar surface area (TPSA) is 95.9 Å². The molecule has 2 unspecified atom stereocenters. The first kappa shape index (κ1) is 61.3. The van der Waals surface area contributed by atoms with Gasteiger partial charge in [0.2, 0.25) is 5.91 Å². The largest absolute Gasteiger partial charge is 0.466 e. The summed E-state index contributed by atoms with van der Waals surface area (Å²) in [5, 5.41) is 23.1. The molecule has 1 amide bonds. The molecular weight excluding hydrogens is 779 g/mol. The SMILES string of the molecule is CCCCCC/C=C\CCCCCCCC(=O)OCCCCCCCCCCCCCC/C=C\CCCCCCCCCC(=O)NC(CO)C(O)CCCCCCCCCCCC. The lowest BCUT2D eigenvalue weighted by molar-refractivity contribution is -0.143. The maximum absolute atomic E-state index is 12.4. The van der Waals surface area contributed by atoms with Gasteiger partial charge in [-0.25, -0.2) is 0 Å². The second kappa shape index (κ2) is 53.0. The van der Waals surface area contributed by atoms with Crippen LogP contribution >= 0.6 is 0 Å². The van der Waals surface area contributed by atoms with Gasteiger partial charge < -0.3 is 20.3 Å². The molecule has 0 spiro atoms. The minimum Gasteiger partial charge on any atom is -0.466 e. The van der Waals surface area contributed by atoms with Gasteiger partial charge >= 0.3 is 5.97 Å². The van der Waals surface area contributed by atoms with Gasteiger partial charge in [0.15, 0.2) is 0 Å². The van der Waals surface area contributed by atoms with Crippen LogP contribution in [-0.2, 0) is 14.3 Å². The number of allylic oxidation sites excluding steroid dienone is 4. The van der Waals surface area contributed by atoms with E-state index in [2.05, 4.69) is 43.5 Å². The molecule has 0 bridgehead atoms. The molecule has 0 aromatic carbocycles. The predicted molar refractivity (Wildman–Crippen MR) is 273 cm³/mol. The maximum Gasteiger partial charge on any atom is 0.305 e. The van der Waals surface area contributed by atoms with Crippen molar-refractivity contribution >= 4 is 11.9 Å². The molecule has 372 valence electrons. The van der Waals surface area contributed by atoms with Gasteiger partial charge in [-0.3, -0.25) is 9.59 Å². The number of hydrogen-bond donors (Lipinski definition) is 3. The molecule has 0 aliphatic carbocycles. The van der Waals surface area contributed by atoms with Crippen LogP contribution in [0.4, 0.5) is 0 Å². The summed E-state index contributed by atoms with van der Waals surface area (Å²) in [6.07, 6.45) is 63.2. The smallest absolute Gasteiger partial charge is 0.305 e. The van der Waals surface area contributed by atoms with Gasteiger partial charge in [-0.05, 0) is 77.0 Å². The zero-order valence-electron chi connectivity index (χ0n) is 42.3. The molecule has 0 aromatic rings. The van der Waals surface area contributed by atoms with E-state index in [1.807, 2.05) is 0 Å². The summed E-state index contributed by atoms with van der Waals surface area (Å²) in [7, 11) is 0. The molecule has 0 aliphatic heterocycles. The van der Waals surface area contributed by atoms with Crippen molar-refractivity contribution in [1.82, 2.24) is 5.32 Å². The van der Waals surface area contributed by atoms with Gasteiger partial charge in [-0.2, -0.15) is 0 Å². The molecule has 2 atom stereocenters. The van der Waals surface area contributed by atoms with E-state index in [0.29, 0.717) is 25.9 Å². The third-order valence-corrected chi connectivity index (χ3v) is 13.0. The van der Waals surface area contributed by atoms with Crippen molar-refractivity contribution in [2.75, 3.05) is 13.2 Å². The highest BCUT2D eigenvalue weighted by atomic mass is 16.5. The van der Waals surface area contributed by atoms with Gasteiger partial charge in [-0.15, -0.1) is 0 Å². The van der Waals surface area contributed by atoms with E-state index in [-0.39, 0.29) is 18.5 Å². The molecule has 0 radical (unpaired) electrons. The van der Waals surface area contributed by atoms with E-state index in [4.69, 9.17) is 4.74 Å². The maximum atomic E-state index is 12.4. The van der Waals surface area contributed by atoms with Crippen LogP contribution in [0.25, 0.3) is 0 Å². The first-order valence-corrected chi connectivity index (χ1v) is 28.1. The zero-order chi connectivity index (χ0) is 45.8. The van der Waals surface area contributed by atoms with Gasteiger partial charge in [0.1, 0.15) is 0 Å².